The van der Waals surface area contributed by atoms with Crippen LogP contribution in [0.3, 0.4) is 0 Å². The lowest BCUT2D eigenvalue weighted by Gasteiger charge is -2.08. The summed E-state index contributed by atoms with van der Waals surface area (Å²) < 4.78 is 19.0. The number of halogens is 1. The number of hydrogen-bond donors (Lipinski definition) is 1. The fraction of sp³-hybridized carbons (Fsp3) is 0.308. The van der Waals surface area contributed by atoms with Crippen molar-refractivity contribution in [2.45, 2.75) is 13.8 Å². The highest BCUT2D eigenvalue weighted by molar-refractivity contribution is 5.57. The average Bonchev–Trinajstić information content (AvgIpc) is 2.40. The van der Waals surface area contributed by atoms with Crippen LogP contribution in [0.25, 0.3) is 11.4 Å². The number of nitrogens with zero attached hydrogens (tertiary/aromatic N) is 3. The van der Waals surface area contributed by atoms with Crippen molar-refractivity contribution in [3.63, 3.8) is 0 Å². The summed E-state index contributed by atoms with van der Waals surface area (Å²) in [6, 6.07) is 6.53. The van der Waals surface area contributed by atoms with Crippen LogP contribution in [0.1, 0.15) is 13.8 Å². The standard InChI is InChI=1S/C13H15FN4O/c1-3-15-12-16-11(17-13(18-12)19-4-2)9-7-5-6-8-10(9)14/h5-8H,3-4H2,1-2H3,(H,15,16,17,18). The van der Waals surface area contributed by atoms with Crippen LogP contribution in [-0.4, -0.2) is 28.1 Å². The first-order chi connectivity index (χ1) is 9.24. The van der Waals surface area contributed by atoms with E-state index in [4.69, 9.17) is 4.74 Å². The van der Waals surface area contributed by atoms with Gasteiger partial charge < -0.3 is 10.1 Å². The van der Waals surface area contributed by atoms with E-state index in [1.54, 1.807) is 18.2 Å². The Kier molecular flexibility index (Phi) is 4.22. The number of anilines is 1. The van der Waals surface area contributed by atoms with E-state index >= 15 is 0 Å². The van der Waals surface area contributed by atoms with Gasteiger partial charge in [-0.05, 0) is 26.0 Å². The lowest BCUT2D eigenvalue weighted by atomic mass is 10.2. The van der Waals surface area contributed by atoms with Crippen LogP contribution in [0.5, 0.6) is 6.01 Å². The van der Waals surface area contributed by atoms with Crippen molar-refractivity contribution in [1.29, 1.82) is 0 Å². The van der Waals surface area contributed by atoms with Crippen molar-refractivity contribution >= 4 is 5.95 Å². The van der Waals surface area contributed by atoms with Gasteiger partial charge in [-0.1, -0.05) is 12.1 Å². The third kappa shape index (κ3) is 3.15. The zero-order valence-electron chi connectivity index (χ0n) is 10.9. The maximum Gasteiger partial charge on any atom is 0.321 e. The molecule has 1 aromatic carbocycles. The minimum Gasteiger partial charge on any atom is -0.464 e. The first-order valence-corrected chi connectivity index (χ1v) is 6.12. The zero-order valence-corrected chi connectivity index (χ0v) is 10.9. The molecule has 0 fully saturated rings. The molecule has 0 bridgehead atoms. The molecule has 5 nitrogen and oxygen atoms in total. The predicted octanol–water partition coefficient (Wildman–Crippen LogP) is 2.51. The van der Waals surface area contributed by atoms with E-state index in [1.807, 2.05) is 13.8 Å². The SMILES string of the molecule is CCNc1nc(OCC)nc(-c2ccccc2F)n1. The zero-order chi connectivity index (χ0) is 13.7. The van der Waals surface area contributed by atoms with Gasteiger partial charge in [-0.3, -0.25) is 0 Å². The Morgan fingerprint density at radius 3 is 2.63 bits per heavy atom. The molecule has 1 heterocycles. The summed E-state index contributed by atoms with van der Waals surface area (Å²) in [5.41, 5.74) is 0.324. The third-order valence-corrected chi connectivity index (χ3v) is 2.34. The maximum absolute atomic E-state index is 13.7. The molecule has 1 N–H and O–H groups in total. The smallest absolute Gasteiger partial charge is 0.321 e. The van der Waals surface area contributed by atoms with Crippen molar-refractivity contribution in [3.8, 4) is 17.4 Å². The molecule has 0 aliphatic carbocycles. The van der Waals surface area contributed by atoms with E-state index in [2.05, 4.69) is 20.3 Å². The molecule has 0 spiro atoms. The predicted molar refractivity (Wildman–Crippen MR) is 70.6 cm³/mol. The summed E-state index contributed by atoms with van der Waals surface area (Å²) in [4.78, 5) is 12.4. The van der Waals surface area contributed by atoms with Gasteiger partial charge in [-0.2, -0.15) is 15.0 Å². The lowest BCUT2D eigenvalue weighted by molar-refractivity contribution is 0.312. The summed E-state index contributed by atoms with van der Waals surface area (Å²) in [6.07, 6.45) is 0. The van der Waals surface area contributed by atoms with E-state index in [1.165, 1.54) is 6.07 Å². The second-order valence-electron chi connectivity index (χ2n) is 3.71. The van der Waals surface area contributed by atoms with Gasteiger partial charge in [0.25, 0.3) is 0 Å². The van der Waals surface area contributed by atoms with Crippen LogP contribution >= 0.6 is 0 Å². The van der Waals surface area contributed by atoms with E-state index in [9.17, 15) is 4.39 Å². The van der Waals surface area contributed by atoms with Crippen LogP contribution in [0, 0.1) is 5.82 Å². The third-order valence-electron chi connectivity index (χ3n) is 2.34. The monoisotopic (exact) mass is 262 g/mol. The van der Waals surface area contributed by atoms with Gasteiger partial charge in [0, 0.05) is 6.54 Å². The molecular formula is C13H15FN4O. The topological polar surface area (TPSA) is 59.9 Å². The molecule has 100 valence electrons. The quantitative estimate of drug-likeness (QED) is 0.897. The molecule has 0 unspecified atom stereocenters. The average molecular weight is 262 g/mol. The molecule has 0 radical (unpaired) electrons. The molecule has 6 heteroatoms. The van der Waals surface area contributed by atoms with Crippen LogP contribution in [-0.2, 0) is 0 Å². The summed E-state index contributed by atoms with van der Waals surface area (Å²) in [5, 5.41) is 2.97. The minimum absolute atomic E-state index is 0.187. The first-order valence-electron chi connectivity index (χ1n) is 6.12. The first kappa shape index (κ1) is 13.2. The fourth-order valence-electron chi connectivity index (χ4n) is 1.55. The van der Waals surface area contributed by atoms with Crippen LogP contribution in [0.2, 0.25) is 0 Å². The lowest BCUT2D eigenvalue weighted by Crippen LogP contribution is -2.08. The van der Waals surface area contributed by atoms with Gasteiger partial charge in [0.2, 0.25) is 5.95 Å². The minimum atomic E-state index is -0.376. The Morgan fingerprint density at radius 1 is 1.16 bits per heavy atom. The molecule has 0 amide bonds. The Balaban J connectivity index is 2.46. The molecule has 2 aromatic rings. The maximum atomic E-state index is 13.7. The van der Waals surface area contributed by atoms with E-state index < -0.39 is 0 Å². The molecule has 0 saturated heterocycles. The molecule has 0 saturated carbocycles. The van der Waals surface area contributed by atoms with Gasteiger partial charge in [-0.15, -0.1) is 0 Å². The molecular weight excluding hydrogens is 247 g/mol. The summed E-state index contributed by atoms with van der Waals surface area (Å²) in [6.45, 7) is 4.85. The van der Waals surface area contributed by atoms with Gasteiger partial charge in [-0.25, -0.2) is 4.39 Å². The van der Waals surface area contributed by atoms with Gasteiger partial charge in [0.15, 0.2) is 5.82 Å². The van der Waals surface area contributed by atoms with Crippen molar-refractivity contribution < 1.29 is 9.13 Å². The molecule has 0 atom stereocenters. The second kappa shape index (κ2) is 6.08. The van der Waals surface area contributed by atoms with Crippen molar-refractivity contribution in [2.75, 3.05) is 18.5 Å². The Morgan fingerprint density at radius 2 is 1.95 bits per heavy atom. The Hall–Kier alpha value is -2.24. The van der Waals surface area contributed by atoms with Gasteiger partial charge in [0.05, 0.1) is 12.2 Å². The molecule has 2 rings (SSSR count). The molecule has 0 aliphatic heterocycles. The Bertz CT molecular complexity index is 538. The van der Waals surface area contributed by atoms with Crippen molar-refractivity contribution in [3.05, 3.63) is 30.1 Å². The van der Waals surface area contributed by atoms with E-state index in [0.717, 1.165) is 0 Å². The number of aromatic nitrogens is 3. The van der Waals surface area contributed by atoms with Crippen LogP contribution < -0.4 is 10.1 Å². The summed E-state index contributed by atoms with van der Waals surface area (Å²) in [7, 11) is 0. The van der Waals surface area contributed by atoms with E-state index in [0.29, 0.717) is 24.7 Å². The van der Waals surface area contributed by atoms with Gasteiger partial charge >= 0.3 is 6.01 Å². The van der Waals surface area contributed by atoms with Crippen molar-refractivity contribution in [2.24, 2.45) is 0 Å². The van der Waals surface area contributed by atoms with Crippen LogP contribution in [0.15, 0.2) is 24.3 Å². The molecule has 0 aliphatic rings. The largest absolute Gasteiger partial charge is 0.464 e. The van der Waals surface area contributed by atoms with E-state index in [-0.39, 0.29) is 17.7 Å². The molecule has 1 aromatic heterocycles. The summed E-state index contributed by atoms with van der Waals surface area (Å²) in [5.74, 6) is 0.255. The van der Waals surface area contributed by atoms with Crippen LogP contribution in [0.4, 0.5) is 10.3 Å². The molecule has 19 heavy (non-hydrogen) atoms. The highest BCUT2D eigenvalue weighted by atomic mass is 19.1. The normalized spacial score (nSPS) is 10.3. The number of benzene rings is 1. The summed E-state index contributed by atoms with van der Waals surface area (Å²) >= 11 is 0. The number of rotatable bonds is 5. The number of ether oxygens (including phenoxy) is 1. The number of hydrogen-bond acceptors (Lipinski definition) is 5. The van der Waals surface area contributed by atoms with Gasteiger partial charge in [0.1, 0.15) is 5.82 Å². The highest BCUT2D eigenvalue weighted by Crippen LogP contribution is 2.21. The van der Waals surface area contributed by atoms with Crippen molar-refractivity contribution in [1.82, 2.24) is 15.0 Å². The highest BCUT2D eigenvalue weighted by Gasteiger charge is 2.12. The second-order valence-corrected chi connectivity index (χ2v) is 3.71. The fourth-order valence-corrected chi connectivity index (χ4v) is 1.55. The Labute approximate surface area is 110 Å². The number of nitrogens with one attached hydrogen (secondary N) is 1.